The number of ether oxygens (including phenoxy) is 1. The van der Waals surface area contributed by atoms with Crippen LogP contribution in [-0.4, -0.2) is 44.4 Å². The van der Waals surface area contributed by atoms with E-state index in [0.717, 1.165) is 16.9 Å². The van der Waals surface area contributed by atoms with E-state index in [4.69, 9.17) is 0 Å². The summed E-state index contributed by atoms with van der Waals surface area (Å²) >= 11 is 0. The van der Waals surface area contributed by atoms with Crippen LogP contribution in [0.25, 0.3) is 0 Å². The van der Waals surface area contributed by atoms with Crippen molar-refractivity contribution in [1.29, 1.82) is 0 Å². The highest BCUT2D eigenvalue weighted by atomic mass is 16.5. The highest BCUT2D eigenvalue weighted by Crippen LogP contribution is 2.23. The molecule has 0 saturated heterocycles. The molecule has 0 aliphatic carbocycles. The lowest BCUT2D eigenvalue weighted by Gasteiger charge is -2.22. The van der Waals surface area contributed by atoms with Gasteiger partial charge in [0.1, 0.15) is 0 Å². The van der Waals surface area contributed by atoms with E-state index in [9.17, 15) is 9.90 Å². The van der Waals surface area contributed by atoms with E-state index in [0.29, 0.717) is 0 Å². The van der Waals surface area contributed by atoms with E-state index in [2.05, 4.69) is 10.1 Å². The molecule has 106 valence electrons. The third-order valence-electron chi connectivity index (χ3n) is 2.95. The minimum absolute atomic E-state index is 0.0929. The Labute approximate surface area is 114 Å². The van der Waals surface area contributed by atoms with Gasteiger partial charge >= 0.3 is 5.97 Å². The van der Waals surface area contributed by atoms with Crippen LogP contribution in [0.3, 0.4) is 0 Å². The molecule has 0 radical (unpaired) electrons. The predicted octanol–water partition coefficient (Wildman–Crippen LogP) is 1.40. The van der Waals surface area contributed by atoms with Crippen LogP contribution >= 0.6 is 0 Å². The fourth-order valence-corrected chi connectivity index (χ4v) is 1.77. The third kappa shape index (κ3) is 3.86. The number of anilines is 2. The number of methoxy groups -OCH3 is 1. The summed E-state index contributed by atoms with van der Waals surface area (Å²) in [4.78, 5) is 13.4. The van der Waals surface area contributed by atoms with Crippen molar-refractivity contribution in [3.63, 3.8) is 0 Å². The first-order valence-electron chi connectivity index (χ1n) is 6.10. The molecule has 0 amide bonds. The van der Waals surface area contributed by atoms with Crippen molar-refractivity contribution in [2.45, 2.75) is 19.4 Å². The summed E-state index contributed by atoms with van der Waals surface area (Å²) in [5.41, 5.74) is 1.55. The summed E-state index contributed by atoms with van der Waals surface area (Å²) in [6.07, 6.45) is 0. The molecule has 0 spiro atoms. The summed E-state index contributed by atoms with van der Waals surface area (Å²) in [5.74, 6) is -0.653. The highest BCUT2D eigenvalue weighted by Gasteiger charge is 2.31. The van der Waals surface area contributed by atoms with Gasteiger partial charge in [0, 0.05) is 25.5 Å². The molecule has 5 heteroatoms. The Morgan fingerprint density at radius 3 is 2.63 bits per heavy atom. The molecule has 0 bridgehead atoms. The maximum atomic E-state index is 11.4. The Hall–Kier alpha value is -1.75. The van der Waals surface area contributed by atoms with Gasteiger partial charge in [-0.1, -0.05) is 6.07 Å². The lowest BCUT2D eigenvalue weighted by atomic mass is 10.1. The Bertz CT molecular complexity index is 456. The Balaban J connectivity index is 2.79. The van der Waals surface area contributed by atoms with Gasteiger partial charge in [0.05, 0.1) is 13.7 Å². The first-order chi connectivity index (χ1) is 8.77. The van der Waals surface area contributed by atoms with Gasteiger partial charge < -0.3 is 20.1 Å². The van der Waals surface area contributed by atoms with Gasteiger partial charge in [-0.2, -0.15) is 0 Å². The van der Waals surface area contributed by atoms with Crippen LogP contribution in [0.4, 0.5) is 11.4 Å². The molecule has 0 aromatic heterocycles. The molecule has 0 saturated carbocycles. The maximum Gasteiger partial charge on any atom is 0.339 e. The van der Waals surface area contributed by atoms with E-state index in [1.807, 2.05) is 44.1 Å². The Morgan fingerprint density at radius 2 is 2.11 bits per heavy atom. The zero-order valence-corrected chi connectivity index (χ0v) is 12.2. The Morgan fingerprint density at radius 1 is 1.47 bits per heavy atom. The van der Waals surface area contributed by atoms with Gasteiger partial charge in [-0.05, 0) is 31.5 Å². The standard InChI is InChI=1S/C14H22N2O3/c1-10-6-7-11(8-12(10)16(3)4)15-9-14(2,18)13(17)19-5/h6-8,15,18H,9H2,1-5H3. The molecule has 2 N–H and O–H groups in total. The van der Waals surface area contributed by atoms with Crippen molar-refractivity contribution in [1.82, 2.24) is 0 Å². The molecule has 1 atom stereocenters. The third-order valence-corrected chi connectivity index (χ3v) is 2.95. The number of benzene rings is 1. The highest BCUT2D eigenvalue weighted by molar-refractivity contribution is 5.79. The SMILES string of the molecule is COC(=O)C(C)(O)CNc1ccc(C)c(N(C)C)c1. The van der Waals surface area contributed by atoms with Crippen LogP contribution in [0.15, 0.2) is 18.2 Å². The number of hydrogen-bond donors (Lipinski definition) is 2. The van der Waals surface area contributed by atoms with Crippen LogP contribution in [0.2, 0.25) is 0 Å². The summed E-state index contributed by atoms with van der Waals surface area (Å²) in [5, 5.41) is 13.0. The number of aliphatic hydroxyl groups is 1. The van der Waals surface area contributed by atoms with Crippen LogP contribution < -0.4 is 10.2 Å². The van der Waals surface area contributed by atoms with Gasteiger partial charge in [0.25, 0.3) is 0 Å². The number of esters is 1. The van der Waals surface area contributed by atoms with E-state index >= 15 is 0 Å². The molecule has 19 heavy (non-hydrogen) atoms. The lowest BCUT2D eigenvalue weighted by molar-refractivity contribution is -0.158. The zero-order chi connectivity index (χ0) is 14.6. The molecule has 0 aliphatic rings. The van der Waals surface area contributed by atoms with Gasteiger partial charge in [0.2, 0.25) is 0 Å². The van der Waals surface area contributed by atoms with Gasteiger partial charge in [-0.15, -0.1) is 0 Å². The van der Waals surface area contributed by atoms with E-state index in [1.165, 1.54) is 14.0 Å². The number of rotatable bonds is 5. The second-order valence-corrected chi connectivity index (χ2v) is 5.01. The topological polar surface area (TPSA) is 61.8 Å². The van der Waals surface area contributed by atoms with Crippen molar-refractivity contribution in [3.05, 3.63) is 23.8 Å². The molecule has 0 fully saturated rings. The number of hydrogen-bond acceptors (Lipinski definition) is 5. The average Bonchev–Trinajstić information content (AvgIpc) is 2.36. The molecule has 1 aromatic carbocycles. The average molecular weight is 266 g/mol. The van der Waals surface area contributed by atoms with E-state index in [1.54, 1.807) is 0 Å². The molecule has 1 unspecified atom stereocenters. The van der Waals surface area contributed by atoms with E-state index in [-0.39, 0.29) is 6.54 Å². The van der Waals surface area contributed by atoms with Crippen molar-refractivity contribution >= 4 is 17.3 Å². The minimum atomic E-state index is -1.54. The zero-order valence-electron chi connectivity index (χ0n) is 12.2. The minimum Gasteiger partial charge on any atom is -0.467 e. The van der Waals surface area contributed by atoms with Crippen molar-refractivity contribution in [2.24, 2.45) is 0 Å². The Kier molecular flexibility index (Phi) is 4.78. The normalized spacial score (nSPS) is 13.6. The van der Waals surface area contributed by atoms with Crippen LogP contribution in [-0.2, 0) is 9.53 Å². The summed E-state index contributed by atoms with van der Waals surface area (Å²) < 4.78 is 4.55. The molecular formula is C14H22N2O3. The first-order valence-corrected chi connectivity index (χ1v) is 6.10. The molecule has 1 rings (SSSR count). The number of nitrogens with one attached hydrogen (secondary N) is 1. The van der Waals surface area contributed by atoms with Crippen molar-refractivity contribution < 1.29 is 14.6 Å². The second kappa shape index (κ2) is 5.93. The van der Waals surface area contributed by atoms with Gasteiger partial charge in [0.15, 0.2) is 5.60 Å². The number of nitrogens with zero attached hydrogens (tertiary/aromatic N) is 1. The lowest BCUT2D eigenvalue weighted by Crippen LogP contribution is -2.42. The number of carbonyl (C=O) groups excluding carboxylic acids is 1. The van der Waals surface area contributed by atoms with E-state index < -0.39 is 11.6 Å². The molecule has 0 aliphatic heterocycles. The van der Waals surface area contributed by atoms with Gasteiger partial charge in [-0.3, -0.25) is 0 Å². The predicted molar refractivity (Wildman–Crippen MR) is 76.6 cm³/mol. The summed E-state index contributed by atoms with van der Waals surface area (Å²) in [7, 11) is 5.19. The molecular weight excluding hydrogens is 244 g/mol. The molecule has 5 nitrogen and oxygen atoms in total. The monoisotopic (exact) mass is 266 g/mol. The fraction of sp³-hybridized carbons (Fsp3) is 0.500. The summed E-state index contributed by atoms with van der Waals surface area (Å²) in [6.45, 7) is 3.55. The molecule has 1 aromatic rings. The van der Waals surface area contributed by atoms with Crippen LogP contribution in [0.5, 0.6) is 0 Å². The maximum absolute atomic E-state index is 11.4. The molecule has 0 heterocycles. The quantitative estimate of drug-likeness (QED) is 0.789. The first kappa shape index (κ1) is 15.3. The fourth-order valence-electron chi connectivity index (χ4n) is 1.77. The number of carbonyl (C=O) groups is 1. The van der Waals surface area contributed by atoms with Crippen LogP contribution in [0, 0.1) is 6.92 Å². The van der Waals surface area contributed by atoms with Crippen LogP contribution in [0.1, 0.15) is 12.5 Å². The van der Waals surface area contributed by atoms with Crippen molar-refractivity contribution in [3.8, 4) is 0 Å². The summed E-state index contributed by atoms with van der Waals surface area (Å²) in [6, 6.07) is 5.88. The second-order valence-electron chi connectivity index (χ2n) is 5.01. The largest absolute Gasteiger partial charge is 0.467 e. The smallest absolute Gasteiger partial charge is 0.339 e. The van der Waals surface area contributed by atoms with Gasteiger partial charge in [-0.25, -0.2) is 4.79 Å². The van der Waals surface area contributed by atoms with Crippen molar-refractivity contribution in [2.75, 3.05) is 38.0 Å². The number of aryl methyl sites for hydroxylation is 1.